The number of rotatable bonds is 4. The predicted molar refractivity (Wildman–Crippen MR) is 93.2 cm³/mol. The van der Waals surface area contributed by atoms with Crippen molar-refractivity contribution in [3.05, 3.63) is 94.2 Å². The number of aryl methyl sites for hydroxylation is 1. The fourth-order valence-corrected chi connectivity index (χ4v) is 2.48. The van der Waals surface area contributed by atoms with E-state index in [9.17, 15) is 9.59 Å². The Kier molecular flexibility index (Phi) is 4.52. The lowest BCUT2D eigenvalue weighted by molar-refractivity contribution is 0.102. The Morgan fingerprint density at radius 3 is 2.79 bits per heavy atom. The number of carbonyl (C=O) groups is 1. The van der Waals surface area contributed by atoms with Crippen LogP contribution in [0.2, 0.25) is 0 Å². The van der Waals surface area contributed by atoms with Gasteiger partial charge in [-0.2, -0.15) is 0 Å². The summed E-state index contributed by atoms with van der Waals surface area (Å²) in [6.07, 6.45) is 4.84. The van der Waals surface area contributed by atoms with Gasteiger partial charge in [0.2, 0.25) is 0 Å². The van der Waals surface area contributed by atoms with Crippen molar-refractivity contribution in [2.24, 2.45) is 0 Å². The summed E-state index contributed by atoms with van der Waals surface area (Å²) in [6, 6.07) is 14.6. The number of anilines is 1. The summed E-state index contributed by atoms with van der Waals surface area (Å²) in [7, 11) is 0. The second kappa shape index (κ2) is 6.91. The molecule has 24 heavy (non-hydrogen) atoms. The van der Waals surface area contributed by atoms with E-state index in [1.54, 1.807) is 30.6 Å². The molecular formula is C19H17N3O2. The lowest BCUT2D eigenvalue weighted by atomic mass is 10.1. The van der Waals surface area contributed by atoms with Crippen molar-refractivity contribution in [2.75, 3.05) is 5.32 Å². The molecule has 5 heteroatoms. The van der Waals surface area contributed by atoms with Gasteiger partial charge in [0.1, 0.15) is 5.56 Å². The third-order valence-corrected chi connectivity index (χ3v) is 3.62. The van der Waals surface area contributed by atoms with Crippen molar-refractivity contribution in [3.8, 4) is 0 Å². The minimum atomic E-state index is -0.438. The molecule has 0 aliphatic heterocycles. The number of hydrogen-bond acceptors (Lipinski definition) is 3. The molecule has 0 radical (unpaired) electrons. The van der Waals surface area contributed by atoms with E-state index in [1.165, 1.54) is 16.8 Å². The zero-order valence-corrected chi connectivity index (χ0v) is 13.3. The first-order valence-electron chi connectivity index (χ1n) is 7.60. The molecule has 2 heterocycles. The van der Waals surface area contributed by atoms with Gasteiger partial charge < -0.3 is 9.88 Å². The van der Waals surface area contributed by atoms with Gasteiger partial charge in [0.05, 0.1) is 18.4 Å². The van der Waals surface area contributed by atoms with Crippen LogP contribution in [-0.4, -0.2) is 15.5 Å². The van der Waals surface area contributed by atoms with Crippen LogP contribution in [0.3, 0.4) is 0 Å². The molecule has 1 aromatic carbocycles. The number of aromatic nitrogens is 2. The molecule has 0 aliphatic carbocycles. The van der Waals surface area contributed by atoms with Crippen LogP contribution in [0.25, 0.3) is 0 Å². The first-order chi connectivity index (χ1) is 11.6. The highest BCUT2D eigenvalue weighted by atomic mass is 16.2. The zero-order chi connectivity index (χ0) is 16.9. The first-order valence-corrected chi connectivity index (χ1v) is 7.60. The third kappa shape index (κ3) is 3.57. The highest BCUT2D eigenvalue weighted by Gasteiger charge is 2.12. The fourth-order valence-electron chi connectivity index (χ4n) is 2.48. The Hall–Kier alpha value is -3.21. The van der Waals surface area contributed by atoms with Gasteiger partial charge in [0, 0.05) is 12.4 Å². The number of amides is 1. The maximum Gasteiger partial charge on any atom is 0.263 e. The second-order valence-corrected chi connectivity index (χ2v) is 5.54. The number of benzene rings is 1. The predicted octanol–water partition coefficient (Wildman–Crippen LogP) is 2.85. The molecule has 0 bridgehead atoms. The van der Waals surface area contributed by atoms with Gasteiger partial charge in [0.25, 0.3) is 11.5 Å². The molecule has 2 aromatic heterocycles. The van der Waals surface area contributed by atoms with Crippen LogP contribution in [0.1, 0.15) is 21.5 Å². The summed E-state index contributed by atoms with van der Waals surface area (Å²) in [4.78, 5) is 28.9. The topological polar surface area (TPSA) is 64.0 Å². The van der Waals surface area contributed by atoms with E-state index in [1.807, 2.05) is 31.2 Å². The van der Waals surface area contributed by atoms with E-state index in [0.29, 0.717) is 12.2 Å². The van der Waals surface area contributed by atoms with Crippen molar-refractivity contribution < 1.29 is 4.79 Å². The van der Waals surface area contributed by atoms with E-state index in [2.05, 4.69) is 10.3 Å². The number of hydrogen-bond donors (Lipinski definition) is 1. The Bertz CT molecular complexity index is 917. The molecule has 5 nitrogen and oxygen atoms in total. The maximum absolute atomic E-state index is 12.6. The molecule has 3 rings (SSSR count). The van der Waals surface area contributed by atoms with Crippen LogP contribution in [0, 0.1) is 6.92 Å². The Balaban J connectivity index is 1.85. The highest BCUT2D eigenvalue weighted by Crippen LogP contribution is 2.07. The summed E-state index contributed by atoms with van der Waals surface area (Å²) >= 11 is 0. The smallest absolute Gasteiger partial charge is 0.263 e. The average molecular weight is 319 g/mol. The van der Waals surface area contributed by atoms with Crippen LogP contribution in [0.15, 0.2) is 71.9 Å². The highest BCUT2D eigenvalue weighted by molar-refractivity contribution is 6.03. The van der Waals surface area contributed by atoms with Crippen molar-refractivity contribution in [1.29, 1.82) is 0 Å². The monoisotopic (exact) mass is 319 g/mol. The summed E-state index contributed by atoms with van der Waals surface area (Å²) in [5.41, 5.74) is 2.48. The van der Waals surface area contributed by atoms with Gasteiger partial charge in [-0.25, -0.2) is 0 Å². The standard InChI is InChI=1S/C19H17N3O2/c1-14-5-2-6-15(11-14)13-22-10-4-8-17(19(22)24)18(23)21-16-7-3-9-20-12-16/h2-12H,13H2,1H3,(H,21,23). The molecule has 0 saturated heterocycles. The van der Waals surface area contributed by atoms with Gasteiger partial charge in [-0.15, -0.1) is 0 Å². The van der Waals surface area contributed by atoms with Crippen molar-refractivity contribution in [2.45, 2.75) is 13.5 Å². The molecule has 0 aliphatic rings. The van der Waals surface area contributed by atoms with Crippen LogP contribution in [-0.2, 0) is 6.54 Å². The number of nitrogens with one attached hydrogen (secondary N) is 1. The van der Waals surface area contributed by atoms with Crippen LogP contribution >= 0.6 is 0 Å². The second-order valence-electron chi connectivity index (χ2n) is 5.54. The van der Waals surface area contributed by atoms with Crippen molar-refractivity contribution in [1.82, 2.24) is 9.55 Å². The van der Waals surface area contributed by atoms with Gasteiger partial charge in [-0.05, 0) is 36.8 Å². The molecule has 120 valence electrons. The molecule has 0 spiro atoms. The Morgan fingerprint density at radius 1 is 1.17 bits per heavy atom. The van der Waals surface area contributed by atoms with Crippen LogP contribution in [0.4, 0.5) is 5.69 Å². The minimum absolute atomic E-state index is 0.106. The molecule has 1 N–H and O–H groups in total. The molecule has 3 aromatic rings. The number of pyridine rings is 2. The molecule has 0 unspecified atom stereocenters. The number of nitrogens with zero attached hydrogens (tertiary/aromatic N) is 2. The van der Waals surface area contributed by atoms with E-state index in [4.69, 9.17) is 0 Å². The van der Waals surface area contributed by atoms with Gasteiger partial charge in [-0.1, -0.05) is 29.8 Å². The fraction of sp³-hybridized carbons (Fsp3) is 0.105. The third-order valence-electron chi connectivity index (χ3n) is 3.62. The quantitative estimate of drug-likeness (QED) is 0.804. The van der Waals surface area contributed by atoms with Gasteiger partial charge in [-0.3, -0.25) is 14.6 Å². The maximum atomic E-state index is 12.6. The lowest BCUT2D eigenvalue weighted by Gasteiger charge is -2.09. The molecular weight excluding hydrogens is 302 g/mol. The molecule has 0 atom stereocenters. The normalized spacial score (nSPS) is 10.4. The summed E-state index contributed by atoms with van der Waals surface area (Å²) in [6.45, 7) is 2.43. The van der Waals surface area contributed by atoms with Crippen molar-refractivity contribution >= 4 is 11.6 Å². The van der Waals surface area contributed by atoms with Crippen LogP contribution in [0.5, 0.6) is 0 Å². The SMILES string of the molecule is Cc1cccc(Cn2cccc(C(=O)Nc3cccnc3)c2=O)c1. The molecule has 1 amide bonds. The Labute approximate surface area is 139 Å². The summed E-state index contributed by atoms with van der Waals surface area (Å²) in [5, 5.41) is 2.68. The minimum Gasteiger partial charge on any atom is -0.320 e. The van der Waals surface area contributed by atoms with Crippen molar-refractivity contribution in [3.63, 3.8) is 0 Å². The van der Waals surface area contributed by atoms with Gasteiger partial charge >= 0.3 is 0 Å². The lowest BCUT2D eigenvalue weighted by Crippen LogP contribution is -2.29. The van der Waals surface area contributed by atoms with E-state index < -0.39 is 5.91 Å². The molecule has 0 saturated carbocycles. The van der Waals surface area contributed by atoms with Gasteiger partial charge in [0.15, 0.2) is 0 Å². The van der Waals surface area contributed by atoms with Crippen LogP contribution < -0.4 is 10.9 Å². The number of carbonyl (C=O) groups excluding carboxylic acids is 1. The largest absolute Gasteiger partial charge is 0.320 e. The molecule has 0 fully saturated rings. The zero-order valence-electron chi connectivity index (χ0n) is 13.3. The summed E-state index contributed by atoms with van der Waals surface area (Å²) in [5.74, 6) is -0.438. The summed E-state index contributed by atoms with van der Waals surface area (Å²) < 4.78 is 1.53. The van der Waals surface area contributed by atoms with E-state index in [0.717, 1.165) is 11.1 Å². The Morgan fingerprint density at radius 2 is 2.04 bits per heavy atom. The first kappa shape index (κ1) is 15.7. The van der Waals surface area contributed by atoms with E-state index >= 15 is 0 Å². The van der Waals surface area contributed by atoms with E-state index in [-0.39, 0.29) is 11.1 Å². The average Bonchev–Trinajstić information content (AvgIpc) is 2.58.